The van der Waals surface area contributed by atoms with E-state index in [9.17, 15) is 0 Å². The normalized spacial score (nSPS) is 11.2. The summed E-state index contributed by atoms with van der Waals surface area (Å²) in [4.78, 5) is 18.5. The Morgan fingerprint density at radius 2 is 1.84 bits per heavy atom. The number of nitrogens with zero attached hydrogens (tertiary/aromatic N) is 4. The first-order valence-electron chi connectivity index (χ1n) is 5.82. The summed E-state index contributed by atoms with van der Waals surface area (Å²) in [5, 5.41) is 0. The van der Waals surface area contributed by atoms with Crippen LogP contribution in [0.1, 0.15) is 0 Å². The SMILES string of the molecule is c1cncc(-c2ccc3sc4nccnc4c3n2)c1. The highest BCUT2D eigenvalue weighted by Crippen LogP contribution is 2.31. The summed E-state index contributed by atoms with van der Waals surface area (Å²) in [6.45, 7) is 0. The lowest BCUT2D eigenvalue weighted by Gasteiger charge is -1.99. The molecule has 4 heterocycles. The van der Waals surface area contributed by atoms with E-state index in [1.165, 1.54) is 0 Å². The lowest BCUT2D eigenvalue weighted by molar-refractivity contribution is 1.29. The highest BCUT2D eigenvalue weighted by Gasteiger charge is 2.09. The molecule has 90 valence electrons. The van der Waals surface area contributed by atoms with Crippen molar-refractivity contribution in [1.82, 2.24) is 19.9 Å². The number of fused-ring (bicyclic) bond motifs is 3. The summed E-state index contributed by atoms with van der Waals surface area (Å²) in [5.74, 6) is 0. The van der Waals surface area contributed by atoms with E-state index in [1.807, 2.05) is 24.4 Å². The number of pyridine rings is 2. The van der Waals surface area contributed by atoms with Crippen molar-refractivity contribution in [3.63, 3.8) is 0 Å². The molecular weight excluding hydrogens is 256 g/mol. The largest absolute Gasteiger partial charge is 0.264 e. The zero-order valence-electron chi connectivity index (χ0n) is 9.82. The molecular formula is C14H8N4S. The molecule has 0 saturated heterocycles. The van der Waals surface area contributed by atoms with Gasteiger partial charge in [-0.25, -0.2) is 15.0 Å². The van der Waals surface area contributed by atoms with Crippen LogP contribution in [0.5, 0.6) is 0 Å². The maximum Gasteiger partial charge on any atom is 0.144 e. The molecule has 4 rings (SSSR count). The summed E-state index contributed by atoms with van der Waals surface area (Å²) in [6, 6.07) is 7.99. The second-order valence-corrected chi connectivity index (χ2v) is 5.13. The molecule has 5 heteroatoms. The van der Waals surface area contributed by atoms with Crippen molar-refractivity contribution in [3.8, 4) is 11.3 Å². The molecule has 0 aliphatic carbocycles. The molecule has 0 amide bonds. The van der Waals surface area contributed by atoms with Crippen LogP contribution in [0.3, 0.4) is 0 Å². The fraction of sp³-hybridized carbons (Fsp3) is 0. The molecule has 0 atom stereocenters. The molecule has 4 nitrogen and oxygen atoms in total. The summed E-state index contributed by atoms with van der Waals surface area (Å²) in [5.41, 5.74) is 3.70. The van der Waals surface area contributed by atoms with Gasteiger partial charge < -0.3 is 0 Å². The highest BCUT2D eigenvalue weighted by atomic mass is 32.1. The monoisotopic (exact) mass is 264 g/mol. The third-order valence-electron chi connectivity index (χ3n) is 2.91. The van der Waals surface area contributed by atoms with Gasteiger partial charge in [-0.05, 0) is 24.3 Å². The first-order valence-corrected chi connectivity index (χ1v) is 6.64. The van der Waals surface area contributed by atoms with Crippen LogP contribution in [0.4, 0.5) is 0 Å². The number of hydrogen-bond donors (Lipinski definition) is 0. The quantitative estimate of drug-likeness (QED) is 0.529. The number of thiophene rings is 1. The van der Waals surface area contributed by atoms with Gasteiger partial charge in [-0.15, -0.1) is 11.3 Å². The van der Waals surface area contributed by atoms with Crippen LogP contribution >= 0.6 is 11.3 Å². The first kappa shape index (κ1) is 10.5. The van der Waals surface area contributed by atoms with Crippen LogP contribution < -0.4 is 0 Å². The first-order chi connectivity index (χ1) is 9.42. The second kappa shape index (κ2) is 4.07. The average Bonchev–Trinajstić information content (AvgIpc) is 2.86. The van der Waals surface area contributed by atoms with Crippen molar-refractivity contribution in [3.05, 3.63) is 49.1 Å². The van der Waals surface area contributed by atoms with Crippen LogP contribution in [0.2, 0.25) is 0 Å². The molecule has 4 aromatic heterocycles. The van der Waals surface area contributed by atoms with Gasteiger partial charge in [0, 0.05) is 30.4 Å². The zero-order chi connectivity index (χ0) is 12.7. The van der Waals surface area contributed by atoms with Gasteiger partial charge in [0.1, 0.15) is 15.9 Å². The van der Waals surface area contributed by atoms with E-state index in [-0.39, 0.29) is 0 Å². The van der Waals surface area contributed by atoms with Crippen molar-refractivity contribution >= 4 is 31.9 Å². The third-order valence-corrected chi connectivity index (χ3v) is 3.95. The molecule has 0 saturated carbocycles. The van der Waals surface area contributed by atoms with Gasteiger partial charge in [0.05, 0.1) is 10.4 Å². The smallest absolute Gasteiger partial charge is 0.144 e. The molecule has 0 aromatic carbocycles. The molecule has 0 unspecified atom stereocenters. The molecule has 0 N–H and O–H groups in total. The molecule has 19 heavy (non-hydrogen) atoms. The van der Waals surface area contributed by atoms with Gasteiger partial charge >= 0.3 is 0 Å². The van der Waals surface area contributed by atoms with E-state index < -0.39 is 0 Å². The molecule has 0 aliphatic heterocycles. The van der Waals surface area contributed by atoms with Crippen LogP contribution in [0, 0.1) is 0 Å². The Kier molecular flexibility index (Phi) is 2.25. The van der Waals surface area contributed by atoms with Gasteiger partial charge in [0.2, 0.25) is 0 Å². The minimum Gasteiger partial charge on any atom is -0.264 e. The van der Waals surface area contributed by atoms with E-state index in [1.54, 1.807) is 29.9 Å². The Labute approximate surface area is 112 Å². The fourth-order valence-electron chi connectivity index (χ4n) is 2.04. The lowest BCUT2D eigenvalue weighted by atomic mass is 10.2. The standard InChI is InChI=1S/C14H8N4S/c1-2-9(8-15-5-1)10-3-4-11-12(18-10)13-14(19-11)17-7-6-16-13/h1-8H. The number of rotatable bonds is 1. The van der Waals surface area contributed by atoms with Gasteiger partial charge in [-0.2, -0.15) is 0 Å². The Morgan fingerprint density at radius 3 is 2.74 bits per heavy atom. The van der Waals surface area contributed by atoms with Gasteiger partial charge in [-0.3, -0.25) is 4.98 Å². The second-order valence-electron chi connectivity index (χ2n) is 4.10. The topological polar surface area (TPSA) is 51.6 Å². The van der Waals surface area contributed by atoms with Gasteiger partial charge in [-0.1, -0.05) is 0 Å². The molecule has 0 bridgehead atoms. The maximum atomic E-state index is 4.70. The number of hydrogen-bond acceptors (Lipinski definition) is 5. The van der Waals surface area contributed by atoms with Gasteiger partial charge in [0.15, 0.2) is 0 Å². The zero-order valence-corrected chi connectivity index (χ0v) is 10.6. The average molecular weight is 264 g/mol. The summed E-state index contributed by atoms with van der Waals surface area (Å²) < 4.78 is 1.11. The maximum absolute atomic E-state index is 4.70. The molecule has 4 aromatic rings. The van der Waals surface area contributed by atoms with E-state index in [0.717, 1.165) is 31.8 Å². The summed E-state index contributed by atoms with van der Waals surface area (Å²) in [7, 11) is 0. The van der Waals surface area contributed by atoms with Crippen LogP contribution in [0.25, 0.3) is 31.8 Å². The summed E-state index contributed by atoms with van der Waals surface area (Å²) in [6.07, 6.45) is 6.98. The van der Waals surface area contributed by atoms with Crippen LogP contribution in [-0.2, 0) is 0 Å². The Morgan fingerprint density at radius 1 is 0.895 bits per heavy atom. The van der Waals surface area contributed by atoms with E-state index in [2.05, 4.69) is 21.0 Å². The fourth-order valence-corrected chi connectivity index (χ4v) is 2.98. The van der Waals surface area contributed by atoms with Crippen LogP contribution in [-0.4, -0.2) is 19.9 Å². The van der Waals surface area contributed by atoms with Crippen molar-refractivity contribution in [2.24, 2.45) is 0 Å². The molecule has 0 aliphatic rings. The minimum atomic E-state index is 0.869. The van der Waals surface area contributed by atoms with E-state index in [0.29, 0.717) is 0 Å². The third kappa shape index (κ3) is 1.67. The highest BCUT2D eigenvalue weighted by molar-refractivity contribution is 7.25. The number of aromatic nitrogens is 4. The van der Waals surface area contributed by atoms with E-state index >= 15 is 0 Å². The minimum absolute atomic E-state index is 0.869. The van der Waals surface area contributed by atoms with Crippen LogP contribution in [0.15, 0.2) is 49.1 Å². The predicted octanol–water partition coefficient (Wildman–Crippen LogP) is 3.30. The van der Waals surface area contributed by atoms with Crippen molar-refractivity contribution in [2.75, 3.05) is 0 Å². The molecule has 0 radical (unpaired) electrons. The summed E-state index contributed by atoms with van der Waals surface area (Å²) >= 11 is 1.61. The lowest BCUT2D eigenvalue weighted by Crippen LogP contribution is -1.85. The Bertz CT molecular complexity index is 870. The van der Waals surface area contributed by atoms with E-state index in [4.69, 9.17) is 4.98 Å². The Hall–Kier alpha value is -2.40. The molecule has 0 spiro atoms. The van der Waals surface area contributed by atoms with Crippen molar-refractivity contribution in [2.45, 2.75) is 0 Å². The van der Waals surface area contributed by atoms with Crippen molar-refractivity contribution < 1.29 is 0 Å². The van der Waals surface area contributed by atoms with Crippen molar-refractivity contribution in [1.29, 1.82) is 0 Å². The van der Waals surface area contributed by atoms with Gasteiger partial charge in [0.25, 0.3) is 0 Å². The predicted molar refractivity (Wildman–Crippen MR) is 75.9 cm³/mol. The Balaban J connectivity index is 2.03. The molecule has 0 fully saturated rings.